The summed E-state index contributed by atoms with van der Waals surface area (Å²) in [6.45, 7) is 4.89. The van der Waals surface area contributed by atoms with Crippen molar-refractivity contribution in [1.82, 2.24) is 4.57 Å². The molecule has 1 saturated carbocycles. The smallest absolute Gasteiger partial charge is 0.341 e. The number of pyridine rings is 1. The number of halogens is 1. The number of methoxy groups -OCH3 is 1. The van der Waals surface area contributed by atoms with Crippen molar-refractivity contribution in [2.24, 2.45) is 10.8 Å². The van der Waals surface area contributed by atoms with Crippen LogP contribution in [-0.4, -0.2) is 47.7 Å². The van der Waals surface area contributed by atoms with Crippen LogP contribution in [0.2, 0.25) is 5.02 Å². The largest absolute Gasteiger partial charge is 0.491 e. The molecule has 0 saturated heterocycles. The first-order chi connectivity index (χ1) is 15.1. The molecule has 8 heteroatoms. The Morgan fingerprint density at radius 1 is 1.28 bits per heavy atom. The van der Waals surface area contributed by atoms with E-state index in [1.807, 2.05) is 19.9 Å². The zero-order valence-corrected chi connectivity index (χ0v) is 19.2. The molecule has 2 aromatic rings. The summed E-state index contributed by atoms with van der Waals surface area (Å²) in [5, 5.41) is 19.9. The van der Waals surface area contributed by atoms with Crippen molar-refractivity contribution in [2.45, 2.75) is 39.2 Å². The van der Waals surface area contributed by atoms with E-state index in [4.69, 9.17) is 21.1 Å². The summed E-state index contributed by atoms with van der Waals surface area (Å²) >= 11 is 6.55. The van der Waals surface area contributed by atoms with E-state index in [1.54, 1.807) is 17.7 Å². The second kappa shape index (κ2) is 8.21. The van der Waals surface area contributed by atoms with Crippen LogP contribution in [0.25, 0.3) is 11.3 Å². The molecule has 4 rings (SSSR count). The summed E-state index contributed by atoms with van der Waals surface area (Å²) in [5.74, 6) is -0.699. The zero-order chi connectivity index (χ0) is 23.3. The van der Waals surface area contributed by atoms with E-state index in [9.17, 15) is 19.8 Å². The first kappa shape index (κ1) is 22.8. The highest BCUT2D eigenvalue weighted by Gasteiger charge is 2.44. The fourth-order valence-electron chi connectivity index (χ4n) is 4.41. The molecule has 1 aliphatic heterocycles. The molecule has 0 unspecified atom stereocenters. The second-order valence-corrected chi connectivity index (χ2v) is 10.1. The molecule has 0 radical (unpaired) electrons. The predicted octanol–water partition coefficient (Wildman–Crippen LogP) is 3.79. The molecular weight excluding hydrogens is 434 g/mol. The van der Waals surface area contributed by atoms with Gasteiger partial charge in [-0.1, -0.05) is 25.4 Å². The Morgan fingerprint density at radius 2 is 2.00 bits per heavy atom. The Labute approximate surface area is 191 Å². The van der Waals surface area contributed by atoms with Crippen molar-refractivity contribution in [2.75, 3.05) is 26.9 Å². The van der Waals surface area contributed by atoms with Crippen LogP contribution in [0.15, 0.2) is 29.2 Å². The summed E-state index contributed by atoms with van der Waals surface area (Å²) in [4.78, 5) is 24.1. The van der Waals surface area contributed by atoms with E-state index in [0.29, 0.717) is 36.1 Å². The van der Waals surface area contributed by atoms with Gasteiger partial charge < -0.3 is 24.3 Å². The van der Waals surface area contributed by atoms with Crippen molar-refractivity contribution in [3.05, 3.63) is 50.8 Å². The Morgan fingerprint density at radius 3 is 2.59 bits per heavy atom. The van der Waals surface area contributed by atoms with Gasteiger partial charge >= 0.3 is 5.97 Å². The normalized spacial score (nSPS) is 18.6. The Hall–Kier alpha value is -2.35. The molecule has 32 heavy (non-hydrogen) atoms. The fraction of sp³-hybridized carbons (Fsp3) is 0.500. The number of carboxylic acid groups (broad SMARTS) is 1. The average molecular weight is 462 g/mol. The quantitative estimate of drug-likeness (QED) is 0.620. The Balaban J connectivity index is 1.78. The number of aliphatic hydroxyl groups is 1. The topological polar surface area (TPSA) is 98.0 Å². The summed E-state index contributed by atoms with van der Waals surface area (Å²) < 4.78 is 13.2. The molecule has 7 nitrogen and oxygen atoms in total. The lowest BCUT2D eigenvalue weighted by Gasteiger charge is -2.40. The van der Waals surface area contributed by atoms with Crippen molar-refractivity contribution < 1.29 is 24.5 Å². The highest BCUT2D eigenvalue weighted by Crippen LogP contribution is 2.48. The maximum absolute atomic E-state index is 12.5. The van der Waals surface area contributed by atoms with Gasteiger partial charge in [-0.2, -0.15) is 0 Å². The minimum absolute atomic E-state index is 0.0442. The van der Waals surface area contributed by atoms with E-state index < -0.39 is 16.8 Å². The Bertz CT molecular complexity index is 1120. The lowest BCUT2D eigenvalue weighted by atomic mass is 9.78. The van der Waals surface area contributed by atoms with Crippen LogP contribution in [0.4, 0.5) is 0 Å². The monoisotopic (exact) mass is 461 g/mol. The lowest BCUT2D eigenvalue weighted by Crippen LogP contribution is -2.36. The van der Waals surface area contributed by atoms with Gasteiger partial charge in [0.05, 0.1) is 30.5 Å². The first-order valence-electron chi connectivity index (χ1n) is 10.7. The van der Waals surface area contributed by atoms with E-state index >= 15 is 0 Å². The van der Waals surface area contributed by atoms with Gasteiger partial charge in [-0.15, -0.1) is 0 Å². The van der Waals surface area contributed by atoms with Gasteiger partial charge in [-0.05, 0) is 37.0 Å². The molecule has 2 N–H and O–H groups in total. The number of hydrogen-bond acceptors (Lipinski definition) is 5. The number of fused-ring (bicyclic) bond motifs is 3. The van der Waals surface area contributed by atoms with Crippen LogP contribution in [0.3, 0.4) is 0 Å². The van der Waals surface area contributed by atoms with Crippen LogP contribution >= 0.6 is 11.6 Å². The molecule has 2 heterocycles. The fourth-order valence-corrected chi connectivity index (χ4v) is 4.62. The molecule has 1 aromatic carbocycles. The van der Waals surface area contributed by atoms with Gasteiger partial charge in [0, 0.05) is 41.8 Å². The molecule has 0 spiro atoms. The summed E-state index contributed by atoms with van der Waals surface area (Å²) in [6.07, 6.45) is 4.02. The number of aromatic carboxylic acids is 1. The predicted molar refractivity (Wildman–Crippen MR) is 121 cm³/mol. The van der Waals surface area contributed by atoms with Crippen LogP contribution in [0.5, 0.6) is 5.75 Å². The van der Waals surface area contributed by atoms with Gasteiger partial charge in [0.1, 0.15) is 11.3 Å². The average Bonchev–Trinajstić information content (AvgIpc) is 3.51. The van der Waals surface area contributed by atoms with Crippen molar-refractivity contribution in [3.8, 4) is 17.0 Å². The zero-order valence-electron chi connectivity index (χ0n) is 18.5. The maximum Gasteiger partial charge on any atom is 0.341 e. The SMILES string of the molecule is COCC1(COc2cc3c(cc2Cl)-c2cc(=O)c(C(=O)O)cn2[C@H](C(C)(C)CO)C3)CC1. The Kier molecular flexibility index (Phi) is 5.86. The molecule has 2 aliphatic rings. The maximum atomic E-state index is 12.5. The van der Waals surface area contributed by atoms with Crippen molar-refractivity contribution in [1.29, 1.82) is 0 Å². The number of ether oxygens (including phenoxy) is 2. The molecule has 1 aromatic heterocycles. The molecule has 0 amide bonds. The minimum atomic E-state index is -1.27. The van der Waals surface area contributed by atoms with E-state index in [-0.39, 0.29) is 23.6 Å². The molecule has 0 bridgehead atoms. The number of carboxylic acids is 1. The number of aliphatic hydroxyl groups excluding tert-OH is 1. The van der Waals surface area contributed by atoms with Gasteiger partial charge in [0.25, 0.3) is 0 Å². The number of carbonyl (C=O) groups is 1. The lowest BCUT2D eigenvalue weighted by molar-refractivity contribution is 0.0691. The third kappa shape index (κ3) is 4.05. The van der Waals surface area contributed by atoms with E-state index in [2.05, 4.69) is 0 Å². The minimum Gasteiger partial charge on any atom is -0.491 e. The number of benzene rings is 1. The number of hydrogen-bond donors (Lipinski definition) is 2. The van der Waals surface area contributed by atoms with E-state index in [1.165, 1.54) is 12.3 Å². The summed E-state index contributed by atoms with van der Waals surface area (Å²) in [7, 11) is 1.68. The highest BCUT2D eigenvalue weighted by molar-refractivity contribution is 6.32. The van der Waals surface area contributed by atoms with Crippen molar-refractivity contribution >= 4 is 17.6 Å². The molecule has 1 fully saturated rings. The molecule has 172 valence electrons. The van der Waals surface area contributed by atoms with Gasteiger partial charge in [0.15, 0.2) is 5.43 Å². The number of nitrogens with zero attached hydrogens (tertiary/aromatic N) is 1. The summed E-state index contributed by atoms with van der Waals surface area (Å²) in [6, 6.07) is 4.76. The molecular formula is C24H28ClNO6. The van der Waals surface area contributed by atoms with Crippen LogP contribution in [-0.2, 0) is 11.2 Å². The third-order valence-electron chi connectivity index (χ3n) is 6.74. The van der Waals surface area contributed by atoms with Gasteiger partial charge in [0.2, 0.25) is 0 Å². The highest BCUT2D eigenvalue weighted by atomic mass is 35.5. The van der Waals surface area contributed by atoms with E-state index in [0.717, 1.165) is 24.0 Å². The number of rotatable bonds is 8. The van der Waals surface area contributed by atoms with Crippen LogP contribution < -0.4 is 10.2 Å². The third-order valence-corrected chi connectivity index (χ3v) is 7.04. The van der Waals surface area contributed by atoms with Gasteiger partial charge in [-0.25, -0.2) is 4.79 Å². The van der Waals surface area contributed by atoms with Crippen LogP contribution in [0, 0.1) is 10.8 Å². The number of aromatic nitrogens is 1. The molecule has 1 atom stereocenters. The standard InChI is InChI=1S/C24H28ClNO6/c1-23(2,11-27)21-7-14-6-20(32-13-24(4-5-24)12-31-3)17(25)8-15(14)18-9-19(28)16(22(29)30)10-26(18)21/h6,8-10,21,27H,4-5,7,11-13H2,1-3H3,(H,29,30)/t21-/m0/s1. The van der Waals surface area contributed by atoms with Gasteiger partial charge in [-0.3, -0.25) is 4.79 Å². The first-order valence-corrected chi connectivity index (χ1v) is 11.0. The van der Waals surface area contributed by atoms with Crippen molar-refractivity contribution in [3.63, 3.8) is 0 Å². The molecule has 1 aliphatic carbocycles. The summed E-state index contributed by atoms with van der Waals surface area (Å²) in [5.41, 5.74) is 0.907. The van der Waals surface area contributed by atoms with Crippen LogP contribution in [0.1, 0.15) is 48.7 Å². The second-order valence-electron chi connectivity index (χ2n) is 9.68.